The van der Waals surface area contributed by atoms with E-state index < -0.39 is 11.7 Å². The molecule has 0 aliphatic heterocycles. The first-order valence-electron chi connectivity index (χ1n) is 7.83. The number of hydrazine groups is 1. The molecule has 0 bridgehead atoms. The number of fused-ring (bicyclic) bond motifs is 1. The van der Waals surface area contributed by atoms with E-state index >= 15 is 0 Å². The molecule has 132 valence electrons. The maximum Gasteiger partial charge on any atom is 0.270 e. The topological polar surface area (TPSA) is 71.1 Å². The third-order valence-electron chi connectivity index (χ3n) is 3.74. The molecule has 0 saturated heterocycles. The normalized spacial score (nSPS) is 10.6. The summed E-state index contributed by atoms with van der Waals surface area (Å²) in [5.41, 5.74) is 6.77. The van der Waals surface area contributed by atoms with Gasteiger partial charge in [0.2, 0.25) is 5.91 Å². The van der Waals surface area contributed by atoms with Crippen LogP contribution in [-0.2, 0) is 11.2 Å². The molecular formula is C19H15ClFN3O2. The van der Waals surface area contributed by atoms with Crippen molar-refractivity contribution in [2.75, 3.05) is 0 Å². The molecule has 1 aromatic heterocycles. The first-order valence-corrected chi connectivity index (χ1v) is 8.21. The zero-order chi connectivity index (χ0) is 18.7. The highest BCUT2D eigenvalue weighted by Crippen LogP contribution is 2.19. The van der Waals surface area contributed by atoms with Crippen LogP contribution in [0, 0.1) is 12.7 Å². The largest absolute Gasteiger partial charge is 0.273 e. The second kappa shape index (κ2) is 7.49. The number of aryl methyl sites for hydroxylation is 1. The minimum absolute atomic E-state index is 0.0960. The predicted molar refractivity (Wildman–Crippen MR) is 97.2 cm³/mol. The number of carbonyl (C=O) groups excluding carboxylic acids is 2. The minimum Gasteiger partial charge on any atom is -0.273 e. The zero-order valence-electron chi connectivity index (χ0n) is 13.8. The number of benzene rings is 2. The van der Waals surface area contributed by atoms with Crippen LogP contribution in [-0.4, -0.2) is 16.8 Å². The molecule has 26 heavy (non-hydrogen) atoms. The van der Waals surface area contributed by atoms with Crippen molar-refractivity contribution >= 4 is 34.3 Å². The molecule has 0 radical (unpaired) electrons. The van der Waals surface area contributed by atoms with Gasteiger partial charge in [0.1, 0.15) is 5.82 Å². The van der Waals surface area contributed by atoms with Crippen molar-refractivity contribution < 1.29 is 14.0 Å². The molecule has 3 aromatic rings. The third kappa shape index (κ3) is 4.15. The SMILES string of the molecule is Cc1cc(C(=O)NNC(=O)Cc2ccc(Cl)cc2)c2ccc(F)cc2n1. The smallest absolute Gasteiger partial charge is 0.270 e. The van der Waals surface area contributed by atoms with E-state index in [1.54, 1.807) is 37.3 Å². The summed E-state index contributed by atoms with van der Waals surface area (Å²) in [5.74, 6) is -1.31. The number of amides is 2. The van der Waals surface area contributed by atoms with E-state index in [-0.39, 0.29) is 12.3 Å². The number of hydrogen-bond donors (Lipinski definition) is 2. The van der Waals surface area contributed by atoms with Gasteiger partial charge >= 0.3 is 0 Å². The summed E-state index contributed by atoms with van der Waals surface area (Å²) in [6, 6.07) is 12.4. The second-order valence-electron chi connectivity index (χ2n) is 5.78. The van der Waals surface area contributed by atoms with E-state index in [4.69, 9.17) is 11.6 Å². The summed E-state index contributed by atoms with van der Waals surface area (Å²) in [7, 11) is 0. The van der Waals surface area contributed by atoms with Crippen LogP contribution in [0.15, 0.2) is 48.5 Å². The molecule has 0 spiro atoms. The Labute approximate surface area is 154 Å². The average molecular weight is 372 g/mol. The van der Waals surface area contributed by atoms with Crippen LogP contribution in [0.2, 0.25) is 5.02 Å². The Kier molecular flexibility index (Phi) is 5.14. The summed E-state index contributed by atoms with van der Waals surface area (Å²) in [6.07, 6.45) is 0.0960. The number of pyridine rings is 1. The van der Waals surface area contributed by atoms with E-state index in [1.807, 2.05) is 0 Å². The summed E-state index contributed by atoms with van der Waals surface area (Å²) in [6.45, 7) is 1.71. The van der Waals surface area contributed by atoms with Crippen molar-refractivity contribution in [3.8, 4) is 0 Å². The van der Waals surface area contributed by atoms with Crippen LogP contribution in [0.4, 0.5) is 4.39 Å². The van der Waals surface area contributed by atoms with Gasteiger partial charge in [-0.2, -0.15) is 0 Å². The Bertz CT molecular complexity index is 985. The second-order valence-corrected chi connectivity index (χ2v) is 6.21. The number of aromatic nitrogens is 1. The van der Waals surface area contributed by atoms with E-state index in [9.17, 15) is 14.0 Å². The summed E-state index contributed by atoms with van der Waals surface area (Å²) < 4.78 is 13.4. The minimum atomic E-state index is -0.503. The van der Waals surface area contributed by atoms with Gasteiger partial charge in [0, 0.05) is 22.2 Å². The molecule has 0 aliphatic rings. The van der Waals surface area contributed by atoms with Crippen LogP contribution in [0.1, 0.15) is 21.6 Å². The molecule has 5 nitrogen and oxygen atoms in total. The van der Waals surface area contributed by atoms with E-state index in [0.29, 0.717) is 27.2 Å². The van der Waals surface area contributed by atoms with Gasteiger partial charge < -0.3 is 0 Å². The van der Waals surface area contributed by atoms with E-state index in [1.165, 1.54) is 18.2 Å². The first kappa shape index (κ1) is 17.8. The molecule has 3 rings (SSSR count). The van der Waals surface area contributed by atoms with Gasteiger partial charge in [-0.25, -0.2) is 4.39 Å². The number of nitrogens with one attached hydrogen (secondary N) is 2. The van der Waals surface area contributed by atoms with E-state index in [0.717, 1.165) is 5.56 Å². The molecule has 0 saturated carbocycles. The highest BCUT2D eigenvalue weighted by molar-refractivity contribution is 6.30. The number of carbonyl (C=O) groups is 2. The monoisotopic (exact) mass is 371 g/mol. The fourth-order valence-electron chi connectivity index (χ4n) is 2.55. The Morgan fingerprint density at radius 3 is 2.54 bits per heavy atom. The first-order chi connectivity index (χ1) is 12.4. The van der Waals surface area contributed by atoms with Crippen molar-refractivity contribution in [1.82, 2.24) is 15.8 Å². The fraction of sp³-hybridized carbons (Fsp3) is 0.105. The molecular weight excluding hydrogens is 357 g/mol. The average Bonchev–Trinajstić information content (AvgIpc) is 2.60. The quantitative estimate of drug-likeness (QED) is 0.694. The van der Waals surface area contributed by atoms with Gasteiger partial charge in [0.15, 0.2) is 0 Å². The molecule has 2 N–H and O–H groups in total. The van der Waals surface area contributed by atoms with Crippen LogP contribution in [0.25, 0.3) is 10.9 Å². The lowest BCUT2D eigenvalue weighted by Crippen LogP contribution is -2.42. The Morgan fingerprint density at radius 2 is 1.81 bits per heavy atom. The lowest BCUT2D eigenvalue weighted by Gasteiger charge is -2.10. The Balaban J connectivity index is 1.71. The number of hydrogen-bond acceptors (Lipinski definition) is 3. The van der Waals surface area contributed by atoms with Crippen LogP contribution in [0.3, 0.4) is 0 Å². The summed E-state index contributed by atoms with van der Waals surface area (Å²) in [5, 5.41) is 1.08. The highest BCUT2D eigenvalue weighted by atomic mass is 35.5. The molecule has 2 aromatic carbocycles. The van der Waals surface area contributed by atoms with Gasteiger partial charge in [-0.15, -0.1) is 0 Å². The third-order valence-corrected chi connectivity index (χ3v) is 3.99. The molecule has 0 aliphatic carbocycles. The Morgan fingerprint density at radius 1 is 1.08 bits per heavy atom. The van der Waals surface area contributed by atoms with Gasteiger partial charge in [0.05, 0.1) is 17.5 Å². The van der Waals surface area contributed by atoms with Crippen LogP contribution >= 0.6 is 11.6 Å². The number of nitrogens with zero attached hydrogens (tertiary/aromatic N) is 1. The van der Waals surface area contributed by atoms with Gasteiger partial charge in [-0.3, -0.25) is 25.4 Å². The fourth-order valence-corrected chi connectivity index (χ4v) is 2.67. The highest BCUT2D eigenvalue weighted by Gasteiger charge is 2.13. The maximum atomic E-state index is 13.4. The number of halogens is 2. The van der Waals surface area contributed by atoms with Gasteiger partial charge in [-0.1, -0.05) is 23.7 Å². The van der Waals surface area contributed by atoms with Gasteiger partial charge in [-0.05, 0) is 42.8 Å². The maximum absolute atomic E-state index is 13.4. The van der Waals surface area contributed by atoms with Gasteiger partial charge in [0.25, 0.3) is 5.91 Å². The van der Waals surface area contributed by atoms with E-state index in [2.05, 4.69) is 15.8 Å². The van der Waals surface area contributed by atoms with Crippen molar-refractivity contribution in [3.63, 3.8) is 0 Å². The molecule has 7 heteroatoms. The lowest BCUT2D eigenvalue weighted by molar-refractivity contribution is -0.121. The molecule has 0 atom stereocenters. The van der Waals surface area contributed by atoms with Crippen molar-refractivity contribution in [3.05, 3.63) is 76.2 Å². The molecule has 0 unspecified atom stereocenters. The standard InChI is InChI=1S/C19H15ClFN3O2/c1-11-8-16(15-7-6-14(21)10-17(15)22-11)19(26)24-23-18(25)9-12-2-4-13(20)5-3-12/h2-8,10H,9H2,1H3,(H,23,25)(H,24,26). The number of rotatable bonds is 3. The summed E-state index contributed by atoms with van der Waals surface area (Å²) in [4.78, 5) is 28.6. The van der Waals surface area contributed by atoms with Crippen LogP contribution in [0.5, 0.6) is 0 Å². The molecule has 2 amide bonds. The van der Waals surface area contributed by atoms with Crippen molar-refractivity contribution in [2.45, 2.75) is 13.3 Å². The lowest BCUT2D eigenvalue weighted by atomic mass is 10.1. The molecule has 0 fully saturated rings. The van der Waals surface area contributed by atoms with Crippen molar-refractivity contribution in [2.24, 2.45) is 0 Å². The summed E-state index contributed by atoms with van der Waals surface area (Å²) >= 11 is 5.80. The predicted octanol–water partition coefficient (Wildman–Crippen LogP) is 3.34. The Hall–Kier alpha value is -2.99. The van der Waals surface area contributed by atoms with Crippen molar-refractivity contribution in [1.29, 1.82) is 0 Å². The van der Waals surface area contributed by atoms with Crippen LogP contribution < -0.4 is 10.9 Å². The molecule has 1 heterocycles. The zero-order valence-corrected chi connectivity index (χ0v) is 14.6.